The van der Waals surface area contributed by atoms with E-state index in [2.05, 4.69) is 15.3 Å². The summed E-state index contributed by atoms with van der Waals surface area (Å²) >= 11 is 0. The first kappa shape index (κ1) is 15.7. The van der Waals surface area contributed by atoms with Gasteiger partial charge in [-0.05, 0) is 25.1 Å². The van der Waals surface area contributed by atoms with Crippen LogP contribution in [0.5, 0.6) is 5.75 Å². The molecule has 1 atom stereocenters. The van der Waals surface area contributed by atoms with Crippen molar-refractivity contribution >= 4 is 5.91 Å². The van der Waals surface area contributed by atoms with Crippen LogP contribution in [0.4, 0.5) is 0 Å². The highest BCUT2D eigenvalue weighted by Crippen LogP contribution is 2.29. The smallest absolute Gasteiger partial charge is 0.274 e. The van der Waals surface area contributed by atoms with Crippen LogP contribution in [0.25, 0.3) is 0 Å². The summed E-state index contributed by atoms with van der Waals surface area (Å²) in [7, 11) is 1.60. The van der Waals surface area contributed by atoms with E-state index < -0.39 is 6.04 Å². The summed E-state index contributed by atoms with van der Waals surface area (Å²) < 4.78 is 10.5. The molecule has 1 aromatic carbocycles. The second-order valence-electron chi connectivity index (χ2n) is 5.16. The Balaban J connectivity index is 2.00. The fourth-order valence-corrected chi connectivity index (χ4v) is 2.49. The Labute approximate surface area is 139 Å². The Bertz CT molecular complexity index is 830. The molecule has 1 unspecified atom stereocenters. The third kappa shape index (κ3) is 3.12. The molecule has 24 heavy (non-hydrogen) atoms. The summed E-state index contributed by atoms with van der Waals surface area (Å²) in [6.07, 6.45) is 2.94. The first-order valence-electron chi connectivity index (χ1n) is 7.45. The van der Waals surface area contributed by atoms with Gasteiger partial charge in [-0.1, -0.05) is 24.3 Å². The zero-order chi connectivity index (χ0) is 16.9. The van der Waals surface area contributed by atoms with Gasteiger partial charge in [0.25, 0.3) is 5.91 Å². The third-order valence-electron chi connectivity index (χ3n) is 3.67. The molecular formula is C18H17N3O3. The number of ether oxygens (including phenoxy) is 1. The number of hydrogen-bond donors (Lipinski definition) is 1. The van der Waals surface area contributed by atoms with Gasteiger partial charge in [0.2, 0.25) is 0 Å². The number of oxazole rings is 1. The summed E-state index contributed by atoms with van der Waals surface area (Å²) in [5.41, 5.74) is 1.77. The Kier molecular flexibility index (Phi) is 4.56. The molecule has 0 spiro atoms. The predicted octanol–water partition coefficient (Wildman–Crippen LogP) is 2.91. The van der Waals surface area contributed by atoms with E-state index in [1.54, 1.807) is 20.2 Å². The van der Waals surface area contributed by atoms with Crippen molar-refractivity contribution in [3.8, 4) is 5.75 Å². The molecule has 1 N–H and O–H groups in total. The average molecular weight is 323 g/mol. The third-order valence-corrected chi connectivity index (χ3v) is 3.67. The van der Waals surface area contributed by atoms with Gasteiger partial charge in [-0.2, -0.15) is 0 Å². The van der Waals surface area contributed by atoms with Gasteiger partial charge in [0.05, 0.1) is 12.8 Å². The maximum atomic E-state index is 12.6. The molecule has 0 fully saturated rings. The predicted molar refractivity (Wildman–Crippen MR) is 87.8 cm³/mol. The molecule has 0 saturated heterocycles. The van der Waals surface area contributed by atoms with Crippen LogP contribution in [0, 0.1) is 6.92 Å². The lowest BCUT2D eigenvalue weighted by Crippen LogP contribution is -2.30. The molecule has 2 aromatic heterocycles. The second kappa shape index (κ2) is 6.95. The molecule has 0 bridgehead atoms. The fourth-order valence-electron chi connectivity index (χ4n) is 2.49. The summed E-state index contributed by atoms with van der Waals surface area (Å²) in [5, 5.41) is 2.96. The van der Waals surface area contributed by atoms with Crippen LogP contribution in [-0.4, -0.2) is 23.0 Å². The number of aryl methyl sites for hydroxylation is 1. The highest BCUT2D eigenvalue weighted by atomic mass is 16.5. The molecule has 0 aliphatic rings. The largest absolute Gasteiger partial charge is 0.496 e. The van der Waals surface area contributed by atoms with Crippen LogP contribution >= 0.6 is 0 Å². The van der Waals surface area contributed by atoms with Gasteiger partial charge in [0, 0.05) is 11.8 Å². The van der Waals surface area contributed by atoms with Crippen LogP contribution in [0.1, 0.15) is 33.5 Å². The van der Waals surface area contributed by atoms with E-state index in [1.165, 1.54) is 6.39 Å². The molecule has 3 rings (SSSR count). The Morgan fingerprint density at radius 3 is 2.62 bits per heavy atom. The summed E-state index contributed by atoms with van der Waals surface area (Å²) in [5.74, 6) is 0.806. The van der Waals surface area contributed by atoms with Crippen LogP contribution in [-0.2, 0) is 0 Å². The summed E-state index contributed by atoms with van der Waals surface area (Å²) in [6, 6.07) is 12.6. The van der Waals surface area contributed by atoms with Crippen molar-refractivity contribution in [1.29, 1.82) is 0 Å². The number of methoxy groups -OCH3 is 1. The van der Waals surface area contributed by atoms with Crippen LogP contribution in [0.3, 0.4) is 0 Å². The lowest BCUT2D eigenvalue weighted by atomic mass is 10.0. The summed E-state index contributed by atoms with van der Waals surface area (Å²) in [6.45, 7) is 1.70. The number of carbonyl (C=O) groups excluding carboxylic acids is 1. The molecule has 6 heteroatoms. The van der Waals surface area contributed by atoms with Gasteiger partial charge in [-0.3, -0.25) is 9.78 Å². The van der Waals surface area contributed by atoms with Crippen molar-refractivity contribution in [3.63, 3.8) is 0 Å². The van der Waals surface area contributed by atoms with Crippen molar-refractivity contribution < 1.29 is 13.9 Å². The van der Waals surface area contributed by atoms with Crippen molar-refractivity contribution in [3.05, 3.63) is 77.8 Å². The number of benzene rings is 1. The van der Waals surface area contributed by atoms with E-state index in [1.807, 2.05) is 42.5 Å². The number of rotatable bonds is 5. The van der Waals surface area contributed by atoms with Crippen LogP contribution < -0.4 is 10.1 Å². The average Bonchev–Trinajstić information content (AvgIpc) is 3.06. The molecule has 122 valence electrons. The standard InChI is InChI=1S/C18H17N3O3/c1-12-16(20-11-24-12)18(22)21-17(14-8-5-6-10-19-14)13-7-3-4-9-15(13)23-2/h3-11,17H,1-2H3,(H,21,22). The zero-order valence-corrected chi connectivity index (χ0v) is 13.4. The topological polar surface area (TPSA) is 77.2 Å². The maximum absolute atomic E-state index is 12.6. The monoisotopic (exact) mass is 323 g/mol. The minimum atomic E-state index is -0.467. The summed E-state index contributed by atoms with van der Waals surface area (Å²) in [4.78, 5) is 20.9. The number of carbonyl (C=O) groups is 1. The SMILES string of the molecule is COc1ccccc1C(NC(=O)c1ncoc1C)c1ccccn1. The van der Waals surface area contributed by atoms with Gasteiger partial charge < -0.3 is 14.5 Å². The Morgan fingerprint density at radius 2 is 1.96 bits per heavy atom. The zero-order valence-electron chi connectivity index (χ0n) is 13.4. The normalized spacial score (nSPS) is 11.8. The van der Waals surface area contributed by atoms with E-state index in [0.717, 1.165) is 5.56 Å². The molecular weight excluding hydrogens is 306 g/mol. The molecule has 2 heterocycles. The molecule has 0 aliphatic heterocycles. The lowest BCUT2D eigenvalue weighted by molar-refractivity contribution is 0.0936. The molecule has 0 aliphatic carbocycles. The van der Waals surface area contributed by atoms with Gasteiger partial charge in [-0.25, -0.2) is 4.98 Å². The highest BCUT2D eigenvalue weighted by Gasteiger charge is 2.24. The Morgan fingerprint density at radius 1 is 1.17 bits per heavy atom. The van der Waals surface area contributed by atoms with Gasteiger partial charge in [0.1, 0.15) is 17.6 Å². The minimum Gasteiger partial charge on any atom is -0.496 e. The molecule has 3 aromatic rings. The van der Waals surface area contributed by atoms with Gasteiger partial charge in [-0.15, -0.1) is 0 Å². The first-order valence-corrected chi connectivity index (χ1v) is 7.45. The quantitative estimate of drug-likeness (QED) is 0.781. The number of pyridine rings is 1. The van der Waals surface area contributed by atoms with Gasteiger partial charge >= 0.3 is 0 Å². The highest BCUT2D eigenvalue weighted by molar-refractivity contribution is 5.93. The van der Waals surface area contributed by atoms with E-state index >= 15 is 0 Å². The number of para-hydroxylation sites is 1. The van der Waals surface area contributed by atoms with Crippen molar-refractivity contribution in [2.24, 2.45) is 0 Å². The molecule has 0 radical (unpaired) electrons. The fraction of sp³-hybridized carbons (Fsp3) is 0.167. The number of hydrogen-bond acceptors (Lipinski definition) is 5. The number of nitrogens with one attached hydrogen (secondary N) is 1. The van der Waals surface area contributed by atoms with Crippen LogP contribution in [0.15, 0.2) is 59.5 Å². The molecule has 0 saturated carbocycles. The molecule has 6 nitrogen and oxygen atoms in total. The van der Waals surface area contributed by atoms with E-state index in [9.17, 15) is 4.79 Å². The van der Waals surface area contributed by atoms with E-state index in [0.29, 0.717) is 17.2 Å². The minimum absolute atomic E-state index is 0.255. The van der Waals surface area contributed by atoms with Crippen molar-refractivity contribution in [1.82, 2.24) is 15.3 Å². The van der Waals surface area contributed by atoms with Gasteiger partial charge in [0.15, 0.2) is 12.1 Å². The lowest BCUT2D eigenvalue weighted by Gasteiger charge is -2.20. The van der Waals surface area contributed by atoms with E-state index in [4.69, 9.17) is 9.15 Å². The Hall–Kier alpha value is -3.15. The first-order chi connectivity index (χ1) is 11.7. The van der Waals surface area contributed by atoms with Crippen LogP contribution in [0.2, 0.25) is 0 Å². The second-order valence-corrected chi connectivity index (χ2v) is 5.16. The van der Waals surface area contributed by atoms with Crippen molar-refractivity contribution in [2.45, 2.75) is 13.0 Å². The number of nitrogens with zero attached hydrogens (tertiary/aromatic N) is 2. The van der Waals surface area contributed by atoms with E-state index in [-0.39, 0.29) is 11.6 Å². The maximum Gasteiger partial charge on any atom is 0.274 e. The number of aromatic nitrogens is 2. The number of amides is 1. The van der Waals surface area contributed by atoms with Crippen molar-refractivity contribution in [2.75, 3.05) is 7.11 Å². The molecule has 1 amide bonds.